The molecule has 0 aliphatic carbocycles. The minimum Gasteiger partial charge on any atom is -0.490 e. The SMILES string of the molecule is CCOc1cc2c(cc1OCC)CN(C(=O)C1CCCN(S(=O)(=O)c3cccs3)C1)CC2. The van der Waals surface area contributed by atoms with Crippen LogP contribution in [0.4, 0.5) is 0 Å². The molecule has 7 nitrogen and oxygen atoms in total. The summed E-state index contributed by atoms with van der Waals surface area (Å²) >= 11 is 1.22. The van der Waals surface area contributed by atoms with Gasteiger partial charge in [0.25, 0.3) is 10.0 Å². The van der Waals surface area contributed by atoms with Crippen LogP contribution in [0.25, 0.3) is 0 Å². The molecule has 2 aliphatic heterocycles. The molecule has 1 unspecified atom stereocenters. The number of rotatable bonds is 7. The molecule has 174 valence electrons. The molecule has 0 radical (unpaired) electrons. The lowest BCUT2D eigenvalue weighted by atomic mass is 9.94. The van der Waals surface area contributed by atoms with Gasteiger partial charge in [-0.2, -0.15) is 4.31 Å². The van der Waals surface area contributed by atoms with Crippen LogP contribution in [-0.2, 0) is 27.8 Å². The zero-order chi connectivity index (χ0) is 22.7. The normalized spacial score (nSPS) is 19.4. The van der Waals surface area contributed by atoms with Gasteiger partial charge >= 0.3 is 0 Å². The molecule has 32 heavy (non-hydrogen) atoms. The molecule has 1 saturated heterocycles. The molecule has 4 rings (SSSR count). The molecular weight excluding hydrogens is 448 g/mol. The Balaban J connectivity index is 1.48. The quantitative estimate of drug-likeness (QED) is 0.609. The highest BCUT2D eigenvalue weighted by atomic mass is 32.2. The van der Waals surface area contributed by atoms with Gasteiger partial charge in [-0.15, -0.1) is 11.3 Å². The van der Waals surface area contributed by atoms with Gasteiger partial charge in [0.2, 0.25) is 5.91 Å². The van der Waals surface area contributed by atoms with Crippen molar-refractivity contribution in [1.82, 2.24) is 9.21 Å². The van der Waals surface area contributed by atoms with E-state index in [-0.39, 0.29) is 18.4 Å². The Kier molecular flexibility index (Phi) is 7.07. The topological polar surface area (TPSA) is 76.2 Å². The van der Waals surface area contributed by atoms with Gasteiger partial charge in [-0.05, 0) is 67.8 Å². The molecule has 0 saturated carbocycles. The minimum absolute atomic E-state index is 0.0357. The fraction of sp³-hybridized carbons (Fsp3) is 0.522. The number of sulfonamides is 1. The number of hydrogen-bond donors (Lipinski definition) is 0. The second-order valence-corrected chi connectivity index (χ2v) is 11.2. The van der Waals surface area contributed by atoms with Crippen LogP contribution in [0, 0.1) is 5.92 Å². The molecular formula is C23H30N2O5S2. The third-order valence-corrected chi connectivity index (χ3v) is 9.25. The minimum atomic E-state index is -3.54. The molecule has 2 aromatic rings. The van der Waals surface area contributed by atoms with Crippen molar-refractivity contribution < 1.29 is 22.7 Å². The van der Waals surface area contributed by atoms with Crippen LogP contribution in [0.5, 0.6) is 11.5 Å². The maximum absolute atomic E-state index is 13.4. The van der Waals surface area contributed by atoms with Crippen molar-refractivity contribution in [3.05, 3.63) is 40.8 Å². The van der Waals surface area contributed by atoms with E-state index in [1.54, 1.807) is 17.5 Å². The summed E-state index contributed by atoms with van der Waals surface area (Å²) in [4.78, 5) is 15.2. The van der Waals surface area contributed by atoms with E-state index in [0.29, 0.717) is 55.6 Å². The van der Waals surface area contributed by atoms with Gasteiger partial charge < -0.3 is 14.4 Å². The summed E-state index contributed by atoms with van der Waals surface area (Å²) in [7, 11) is -3.54. The first kappa shape index (κ1) is 23.1. The van der Waals surface area contributed by atoms with E-state index < -0.39 is 10.0 Å². The Labute approximate surface area is 194 Å². The third kappa shape index (κ3) is 4.65. The largest absolute Gasteiger partial charge is 0.490 e. The number of nitrogens with zero attached hydrogens (tertiary/aromatic N) is 2. The van der Waals surface area contributed by atoms with E-state index in [4.69, 9.17) is 9.47 Å². The number of amides is 1. The van der Waals surface area contributed by atoms with E-state index in [1.807, 2.05) is 30.9 Å². The van der Waals surface area contributed by atoms with Crippen LogP contribution in [0.3, 0.4) is 0 Å². The van der Waals surface area contributed by atoms with Gasteiger partial charge in [-0.3, -0.25) is 4.79 Å². The van der Waals surface area contributed by atoms with Crippen LogP contribution < -0.4 is 9.47 Å². The number of carbonyl (C=O) groups excluding carboxylic acids is 1. The molecule has 2 aliphatic rings. The maximum Gasteiger partial charge on any atom is 0.252 e. The van der Waals surface area contributed by atoms with E-state index in [1.165, 1.54) is 21.2 Å². The van der Waals surface area contributed by atoms with Crippen molar-refractivity contribution in [2.24, 2.45) is 5.92 Å². The van der Waals surface area contributed by atoms with Crippen LogP contribution in [0.1, 0.15) is 37.8 Å². The number of benzene rings is 1. The summed E-state index contributed by atoms with van der Waals surface area (Å²) in [5, 5.41) is 1.76. The van der Waals surface area contributed by atoms with Crippen molar-refractivity contribution in [3.8, 4) is 11.5 Å². The predicted molar refractivity (Wildman–Crippen MR) is 124 cm³/mol. The lowest BCUT2D eigenvalue weighted by Gasteiger charge is -2.36. The molecule has 1 fully saturated rings. The second-order valence-electron chi connectivity index (χ2n) is 8.08. The van der Waals surface area contributed by atoms with E-state index in [9.17, 15) is 13.2 Å². The van der Waals surface area contributed by atoms with Crippen LogP contribution >= 0.6 is 11.3 Å². The van der Waals surface area contributed by atoms with E-state index >= 15 is 0 Å². The Morgan fingerprint density at radius 2 is 1.84 bits per heavy atom. The van der Waals surface area contributed by atoms with E-state index in [0.717, 1.165) is 17.7 Å². The standard InChI is InChI=1S/C23H30N2O5S2/c1-3-29-20-13-17-9-11-24(15-19(17)14-21(20)30-4-2)23(26)18-7-5-10-25(16-18)32(27,28)22-8-6-12-31-22/h6,8,12-14,18H,3-5,7,9-11,15-16H2,1-2H3. The Hall–Kier alpha value is -2.10. The Morgan fingerprint density at radius 1 is 1.12 bits per heavy atom. The van der Waals surface area contributed by atoms with Crippen LogP contribution in [0.15, 0.2) is 33.9 Å². The van der Waals surface area contributed by atoms with Gasteiger partial charge in [0.1, 0.15) is 4.21 Å². The summed E-state index contributed by atoms with van der Waals surface area (Å²) in [6.07, 6.45) is 2.15. The number of fused-ring (bicyclic) bond motifs is 1. The lowest BCUT2D eigenvalue weighted by Crippen LogP contribution is -2.47. The number of thiophene rings is 1. The van der Waals surface area contributed by atoms with Crippen LogP contribution in [-0.4, -0.2) is 56.4 Å². The average molecular weight is 479 g/mol. The van der Waals surface area contributed by atoms with Gasteiger partial charge in [0, 0.05) is 26.2 Å². The van der Waals surface area contributed by atoms with Crippen molar-refractivity contribution in [3.63, 3.8) is 0 Å². The average Bonchev–Trinajstić information content (AvgIpc) is 3.35. The molecule has 1 amide bonds. The number of hydrogen-bond acceptors (Lipinski definition) is 6. The highest BCUT2D eigenvalue weighted by Gasteiger charge is 2.36. The van der Waals surface area contributed by atoms with Crippen molar-refractivity contribution in [1.29, 1.82) is 0 Å². The van der Waals surface area contributed by atoms with Gasteiger partial charge in [-0.25, -0.2) is 8.42 Å². The summed E-state index contributed by atoms with van der Waals surface area (Å²) in [6.45, 7) is 6.83. The predicted octanol–water partition coefficient (Wildman–Crippen LogP) is 3.53. The van der Waals surface area contributed by atoms with Crippen molar-refractivity contribution >= 4 is 27.3 Å². The number of ether oxygens (including phenoxy) is 2. The second kappa shape index (κ2) is 9.80. The van der Waals surface area contributed by atoms with E-state index in [2.05, 4.69) is 0 Å². The summed E-state index contributed by atoms with van der Waals surface area (Å²) in [6, 6.07) is 7.38. The summed E-state index contributed by atoms with van der Waals surface area (Å²) < 4.78 is 39.2. The molecule has 9 heteroatoms. The molecule has 3 heterocycles. The monoisotopic (exact) mass is 478 g/mol. The fourth-order valence-corrected chi connectivity index (χ4v) is 7.12. The van der Waals surface area contributed by atoms with Gasteiger partial charge in [0.15, 0.2) is 11.5 Å². The summed E-state index contributed by atoms with van der Waals surface area (Å²) in [5.74, 6) is 1.17. The number of carbonyl (C=O) groups is 1. The molecule has 1 atom stereocenters. The van der Waals surface area contributed by atoms with Crippen molar-refractivity contribution in [2.75, 3.05) is 32.8 Å². The maximum atomic E-state index is 13.4. The molecule has 0 bridgehead atoms. The van der Waals surface area contributed by atoms with Crippen molar-refractivity contribution in [2.45, 2.75) is 43.9 Å². The Bertz CT molecular complexity index is 1050. The number of piperidine rings is 1. The fourth-order valence-electron chi connectivity index (χ4n) is 4.45. The molecule has 1 aromatic heterocycles. The lowest BCUT2D eigenvalue weighted by molar-refractivity contribution is -0.137. The molecule has 1 aromatic carbocycles. The Morgan fingerprint density at radius 3 is 2.50 bits per heavy atom. The highest BCUT2D eigenvalue weighted by molar-refractivity contribution is 7.91. The molecule has 0 spiro atoms. The van der Waals surface area contributed by atoms with Crippen LogP contribution in [0.2, 0.25) is 0 Å². The first-order chi connectivity index (χ1) is 15.4. The first-order valence-electron chi connectivity index (χ1n) is 11.2. The third-order valence-electron chi connectivity index (χ3n) is 6.01. The zero-order valence-electron chi connectivity index (χ0n) is 18.6. The highest BCUT2D eigenvalue weighted by Crippen LogP contribution is 2.35. The summed E-state index contributed by atoms with van der Waals surface area (Å²) in [5.41, 5.74) is 2.24. The first-order valence-corrected chi connectivity index (χ1v) is 13.5. The van der Waals surface area contributed by atoms with Gasteiger partial charge in [0.05, 0.1) is 19.1 Å². The van der Waals surface area contributed by atoms with Gasteiger partial charge in [-0.1, -0.05) is 6.07 Å². The molecule has 0 N–H and O–H groups in total. The zero-order valence-corrected chi connectivity index (χ0v) is 20.2. The smallest absolute Gasteiger partial charge is 0.252 e.